The second-order valence-electron chi connectivity index (χ2n) is 6.19. The van der Waals surface area contributed by atoms with Crippen LogP contribution in [0, 0.1) is 0 Å². The largest absolute Gasteiger partial charge is 0.497 e. The number of carbonyl (C=O) groups is 1. The van der Waals surface area contributed by atoms with Crippen molar-refractivity contribution in [3.05, 3.63) is 53.6 Å². The second-order valence-corrected chi connectivity index (χ2v) is 8.10. The topological polar surface area (TPSA) is 82.1 Å². The summed E-state index contributed by atoms with van der Waals surface area (Å²) >= 11 is 0. The number of hydrogen-bond donors (Lipinski definition) is 0. The average Bonchev–Trinajstić information content (AvgIpc) is 2.74. The lowest BCUT2D eigenvalue weighted by Crippen LogP contribution is -2.31. The Morgan fingerprint density at radius 3 is 2.17 bits per heavy atom. The molecule has 7 nitrogen and oxygen atoms in total. The fourth-order valence-corrected chi connectivity index (χ4v) is 4.48. The van der Waals surface area contributed by atoms with Crippen LogP contribution in [0.2, 0.25) is 0 Å². The van der Waals surface area contributed by atoms with Crippen molar-refractivity contribution in [3.8, 4) is 11.5 Å². The summed E-state index contributed by atoms with van der Waals surface area (Å²) in [6.07, 6.45) is 0.538. The maximum atomic E-state index is 12.9. The Morgan fingerprint density at radius 2 is 1.62 bits per heavy atom. The van der Waals surface area contributed by atoms with Crippen molar-refractivity contribution in [1.29, 1.82) is 0 Å². The normalized spacial score (nSPS) is 11.3. The maximum Gasteiger partial charge on any atom is 0.338 e. The zero-order valence-electron chi connectivity index (χ0n) is 17.2. The molecule has 0 aliphatic carbocycles. The highest BCUT2D eigenvalue weighted by Crippen LogP contribution is 2.28. The van der Waals surface area contributed by atoms with Gasteiger partial charge in [0.2, 0.25) is 10.0 Å². The third-order valence-electron chi connectivity index (χ3n) is 4.51. The summed E-state index contributed by atoms with van der Waals surface area (Å²) in [5.41, 5.74) is 1.16. The Hall–Kier alpha value is -2.58. The first-order chi connectivity index (χ1) is 13.9. The standard InChI is InChI=1S/C21H27NO6S/c1-5-22(6-2)29(24,25)20-15-17(9-12-19(20)27-4)21(23)28-14-13-16-7-10-18(26-3)11-8-16/h7-12,15H,5-6,13-14H2,1-4H3. The Morgan fingerprint density at radius 1 is 0.966 bits per heavy atom. The molecular weight excluding hydrogens is 394 g/mol. The minimum atomic E-state index is -3.78. The Kier molecular flexibility index (Phi) is 8.04. The van der Waals surface area contributed by atoms with E-state index in [1.807, 2.05) is 24.3 Å². The van der Waals surface area contributed by atoms with E-state index in [2.05, 4.69) is 0 Å². The van der Waals surface area contributed by atoms with Gasteiger partial charge in [0.15, 0.2) is 0 Å². The Balaban J connectivity index is 2.14. The van der Waals surface area contributed by atoms with E-state index in [1.165, 1.54) is 29.6 Å². The fraction of sp³-hybridized carbons (Fsp3) is 0.381. The van der Waals surface area contributed by atoms with Gasteiger partial charge >= 0.3 is 5.97 Å². The molecule has 0 amide bonds. The van der Waals surface area contributed by atoms with Gasteiger partial charge in [-0.15, -0.1) is 0 Å². The summed E-state index contributed by atoms with van der Waals surface area (Å²) < 4.78 is 42.7. The highest BCUT2D eigenvalue weighted by atomic mass is 32.2. The van der Waals surface area contributed by atoms with Gasteiger partial charge in [-0.2, -0.15) is 4.31 Å². The molecule has 0 aliphatic heterocycles. The summed E-state index contributed by atoms with van der Waals surface area (Å²) in [5.74, 6) is 0.356. The van der Waals surface area contributed by atoms with Crippen LogP contribution in [0.1, 0.15) is 29.8 Å². The fourth-order valence-electron chi connectivity index (χ4n) is 2.84. The van der Waals surface area contributed by atoms with E-state index < -0.39 is 16.0 Å². The summed E-state index contributed by atoms with van der Waals surface area (Å²) in [6, 6.07) is 11.7. The van der Waals surface area contributed by atoms with Crippen molar-refractivity contribution < 1.29 is 27.4 Å². The molecule has 2 aromatic rings. The number of hydrogen-bond acceptors (Lipinski definition) is 6. The number of ether oxygens (including phenoxy) is 3. The minimum absolute atomic E-state index is 0.0479. The van der Waals surface area contributed by atoms with E-state index in [-0.39, 0.29) is 22.8 Å². The first kappa shape index (κ1) is 22.7. The molecule has 2 rings (SSSR count). The van der Waals surface area contributed by atoms with Gasteiger partial charge < -0.3 is 14.2 Å². The van der Waals surface area contributed by atoms with Gasteiger partial charge in [0, 0.05) is 19.5 Å². The van der Waals surface area contributed by atoms with Gasteiger partial charge in [0.05, 0.1) is 26.4 Å². The van der Waals surface area contributed by atoms with Crippen LogP contribution < -0.4 is 9.47 Å². The molecule has 0 heterocycles. The van der Waals surface area contributed by atoms with Crippen LogP contribution in [0.15, 0.2) is 47.4 Å². The lowest BCUT2D eigenvalue weighted by Gasteiger charge is -2.20. The molecule has 0 unspecified atom stereocenters. The van der Waals surface area contributed by atoms with Crippen molar-refractivity contribution in [2.24, 2.45) is 0 Å². The molecule has 158 valence electrons. The maximum absolute atomic E-state index is 12.9. The molecule has 0 saturated carbocycles. The third kappa shape index (κ3) is 5.48. The van der Waals surface area contributed by atoms with Gasteiger partial charge in [-0.25, -0.2) is 13.2 Å². The number of nitrogens with zero attached hydrogens (tertiary/aromatic N) is 1. The molecule has 0 bridgehead atoms. The van der Waals surface area contributed by atoms with Crippen LogP contribution in [-0.2, 0) is 21.2 Å². The summed E-state index contributed by atoms with van der Waals surface area (Å²) in [6.45, 7) is 4.32. The van der Waals surface area contributed by atoms with Crippen LogP contribution in [-0.4, -0.2) is 52.6 Å². The second kappa shape index (κ2) is 10.3. The Labute approximate surface area is 172 Å². The van der Waals surface area contributed by atoms with Crippen molar-refractivity contribution >= 4 is 16.0 Å². The van der Waals surface area contributed by atoms with Crippen LogP contribution in [0.4, 0.5) is 0 Å². The molecule has 29 heavy (non-hydrogen) atoms. The lowest BCUT2D eigenvalue weighted by molar-refractivity contribution is 0.0509. The van der Waals surface area contributed by atoms with E-state index in [1.54, 1.807) is 21.0 Å². The molecule has 0 N–H and O–H groups in total. The average molecular weight is 422 g/mol. The molecule has 0 atom stereocenters. The van der Waals surface area contributed by atoms with Gasteiger partial charge in [0.1, 0.15) is 16.4 Å². The molecule has 8 heteroatoms. The van der Waals surface area contributed by atoms with Crippen LogP contribution in [0.3, 0.4) is 0 Å². The number of esters is 1. The highest BCUT2D eigenvalue weighted by Gasteiger charge is 2.27. The van der Waals surface area contributed by atoms with E-state index in [4.69, 9.17) is 14.2 Å². The molecule has 0 aliphatic rings. The number of rotatable bonds is 10. The zero-order valence-corrected chi connectivity index (χ0v) is 18.0. The third-order valence-corrected chi connectivity index (χ3v) is 6.58. The predicted molar refractivity (Wildman–Crippen MR) is 110 cm³/mol. The van der Waals surface area contributed by atoms with Gasteiger partial charge in [-0.1, -0.05) is 26.0 Å². The summed E-state index contributed by atoms with van der Waals surface area (Å²) in [5, 5.41) is 0. The van der Waals surface area contributed by atoms with Crippen molar-refractivity contribution in [2.45, 2.75) is 25.2 Å². The van der Waals surface area contributed by atoms with E-state index >= 15 is 0 Å². The van der Waals surface area contributed by atoms with Gasteiger partial charge in [-0.3, -0.25) is 0 Å². The summed E-state index contributed by atoms with van der Waals surface area (Å²) in [7, 11) is -0.792. The number of benzene rings is 2. The van der Waals surface area contributed by atoms with Crippen LogP contribution >= 0.6 is 0 Å². The predicted octanol–water partition coefficient (Wildman–Crippen LogP) is 3.13. The van der Waals surface area contributed by atoms with E-state index in [0.717, 1.165) is 11.3 Å². The molecular formula is C21H27NO6S. The molecule has 0 spiro atoms. The molecule has 0 aromatic heterocycles. The van der Waals surface area contributed by atoms with Crippen molar-refractivity contribution in [2.75, 3.05) is 33.9 Å². The first-order valence-electron chi connectivity index (χ1n) is 9.35. The van der Waals surface area contributed by atoms with Crippen molar-refractivity contribution in [1.82, 2.24) is 4.31 Å². The van der Waals surface area contributed by atoms with Gasteiger partial charge in [0.25, 0.3) is 0 Å². The Bertz CT molecular complexity index is 921. The smallest absolute Gasteiger partial charge is 0.338 e. The first-order valence-corrected chi connectivity index (χ1v) is 10.8. The van der Waals surface area contributed by atoms with Crippen LogP contribution in [0.25, 0.3) is 0 Å². The summed E-state index contributed by atoms with van der Waals surface area (Å²) in [4.78, 5) is 12.4. The minimum Gasteiger partial charge on any atom is -0.497 e. The number of methoxy groups -OCH3 is 2. The van der Waals surface area contributed by atoms with Gasteiger partial charge in [-0.05, 0) is 35.9 Å². The SMILES string of the molecule is CCN(CC)S(=O)(=O)c1cc(C(=O)OCCc2ccc(OC)cc2)ccc1OC. The zero-order chi connectivity index (χ0) is 21.4. The monoisotopic (exact) mass is 421 g/mol. The van der Waals surface area contributed by atoms with Crippen molar-refractivity contribution in [3.63, 3.8) is 0 Å². The van der Waals surface area contributed by atoms with E-state index in [9.17, 15) is 13.2 Å². The lowest BCUT2D eigenvalue weighted by atomic mass is 10.1. The molecule has 0 radical (unpaired) electrons. The number of carbonyl (C=O) groups excluding carboxylic acids is 1. The van der Waals surface area contributed by atoms with E-state index in [0.29, 0.717) is 19.5 Å². The van der Waals surface area contributed by atoms with Crippen LogP contribution in [0.5, 0.6) is 11.5 Å². The quantitative estimate of drug-likeness (QED) is 0.548. The molecule has 0 saturated heterocycles. The highest BCUT2D eigenvalue weighted by molar-refractivity contribution is 7.89. The molecule has 2 aromatic carbocycles. The number of sulfonamides is 1. The molecule has 0 fully saturated rings.